The summed E-state index contributed by atoms with van der Waals surface area (Å²) in [6.07, 6.45) is 2.46. The minimum absolute atomic E-state index is 0.0429. The fourth-order valence-electron chi connectivity index (χ4n) is 2.66. The first-order valence-electron chi connectivity index (χ1n) is 7.06. The first-order valence-corrected chi connectivity index (χ1v) is 7.06. The second kappa shape index (κ2) is 6.07. The number of nitrogens with one attached hydrogen (secondary N) is 1. The van der Waals surface area contributed by atoms with Gasteiger partial charge in [-0.1, -0.05) is 30.3 Å². The van der Waals surface area contributed by atoms with Crippen molar-refractivity contribution in [3.63, 3.8) is 0 Å². The molecule has 1 saturated carbocycles. The molecule has 0 bridgehead atoms. The van der Waals surface area contributed by atoms with Crippen molar-refractivity contribution in [2.75, 3.05) is 0 Å². The van der Waals surface area contributed by atoms with Crippen LogP contribution in [-0.2, 0) is 16.1 Å². The van der Waals surface area contributed by atoms with Crippen molar-refractivity contribution in [2.45, 2.75) is 39.2 Å². The summed E-state index contributed by atoms with van der Waals surface area (Å²) in [7, 11) is 0. The van der Waals surface area contributed by atoms with Crippen molar-refractivity contribution in [3.8, 4) is 0 Å². The van der Waals surface area contributed by atoms with Crippen LogP contribution in [0.5, 0.6) is 0 Å². The first-order chi connectivity index (χ1) is 9.51. The molecule has 1 amide bonds. The van der Waals surface area contributed by atoms with Crippen LogP contribution in [-0.4, -0.2) is 17.0 Å². The Bertz CT molecular complexity index is 476. The van der Waals surface area contributed by atoms with Gasteiger partial charge in [-0.3, -0.25) is 9.59 Å². The summed E-state index contributed by atoms with van der Waals surface area (Å²) in [4.78, 5) is 23.3. The molecule has 2 rings (SSSR count). The van der Waals surface area contributed by atoms with Gasteiger partial charge in [-0.2, -0.15) is 0 Å². The lowest BCUT2D eigenvalue weighted by molar-refractivity contribution is -0.151. The third-order valence-electron chi connectivity index (χ3n) is 4.29. The van der Waals surface area contributed by atoms with Crippen LogP contribution in [0, 0.1) is 11.3 Å². The molecular weight excluding hydrogens is 254 g/mol. The van der Waals surface area contributed by atoms with Crippen molar-refractivity contribution in [1.82, 2.24) is 5.32 Å². The molecule has 4 heteroatoms. The predicted molar refractivity (Wildman–Crippen MR) is 76.0 cm³/mol. The Hall–Kier alpha value is -1.84. The van der Waals surface area contributed by atoms with E-state index in [1.54, 1.807) is 6.92 Å². The summed E-state index contributed by atoms with van der Waals surface area (Å²) in [5, 5.41) is 12.1. The maximum Gasteiger partial charge on any atom is 0.309 e. The van der Waals surface area contributed by atoms with E-state index in [-0.39, 0.29) is 11.8 Å². The van der Waals surface area contributed by atoms with Crippen molar-refractivity contribution in [2.24, 2.45) is 11.3 Å². The molecule has 1 aliphatic rings. The molecule has 0 aromatic heterocycles. The van der Waals surface area contributed by atoms with Crippen molar-refractivity contribution >= 4 is 11.9 Å². The summed E-state index contributed by atoms with van der Waals surface area (Å²) >= 11 is 0. The van der Waals surface area contributed by atoms with Gasteiger partial charge in [-0.25, -0.2) is 0 Å². The normalized spacial score (nSPS) is 25.9. The minimum atomic E-state index is -0.749. The van der Waals surface area contributed by atoms with Crippen molar-refractivity contribution < 1.29 is 14.7 Å². The van der Waals surface area contributed by atoms with Crippen LogP contribution in [0.3, 0.4) is 0 Å². The summed E-state index contributed by atoms with van der Waals surface area (Å²) in [6.45, 7) is 2.31. The number of carbonyl (C=O) groups is 2. The largest absolute Gasteiger partial charge is 0.481 e. The summed E-state index contributed by atoms with van der Waals surface area (Å²) < 4.78 is 0. The van der Waals surface area contributed by atoms with Gasteiger partial charge in [0.15, 0.2) is 0 Å². The van der Waals surface area contributed by atoms with E-state index in [0.29, 0.717) is 32.2 Å². The second-order valence-electron chi connectivity index (χ2n) is 5.84. The van der Waals surface area contributed by atoms with Gasteiger partial charge in [0, 0.05) is 12.5 Å². The van der Waals surface area contributed by atoms with E-state index in [4.69, 9.17) is 0 Å². The maximum absolute atomic E-state index is 12.1. The van der Waals surface area contributed by atoms with Gasteiger partial charge in [0.1, 0.15) is 0 Å². The topological polar surface area (TPSA) is 66.4 Å². The Labute approximate surface area is 119 Å². The molecule has 108 valence electrons. The fourth-order valence-corrected chi connectivity index (χ4v) is 2.66. The Morgan fingerprint density at radius 1 is 1.25 bits per heavy atom. The summed E-state index contributed by atoms with van der Waals surface area (Å²) in [5.74, 6) is -0.756. The molecule has 1 aromatic carbocycles. The van der Waals surface area contributed by atoms with Gasteiger partial charge >= 0.3 is 5.97 Å². The van der Waals surface area contributed by atoms with Gasteiger partial charge in [0.2, 0.25) is 5.91 Å². The Balaban J connectivity index is 1.82. The van der Waals surface area contributed by atoms with E-state index in [9.17, 15) is 14.7 Å². The zero-order valence-corrected chi connectivity index (χ0v) is 11.8. The predicted octanol–water partition coefficient (Wildman–Crippen LogP) is 2.58. The monoisotopic (exact) mass is 275 g/mol. The van der Waals surface area contributed by atoms with Crippen LogP contribution in [0.1, 0.15) is 38.2 Å². The number of hydrogen-bond donors (Lipinski definition) is 2. The molecule has 0 heterocycles. The average Bonchev–Trinajstić information content (AvgIpc) is 2.46. The molecule has 20 heavy (non-hydrogen) atoms. The van der Waals surface area contributed by atoms with E-state index >= 15 is 0 Å². The van der Waals surface area contributed by atoms with Gasteiger partial charge in [-0.05, 0) is 38.2 Å². The Morgan fingerprint density at radius 3 is 2.40 bits per heavy atom. The van der Waals surface area contributed by atoms with E-state index in [0.717, 1.165) is 5.56 Å². The number of amides is 1. The standard InChI is InChI=1S/C16H21NO3/c1-16(15(19)20)9-7-13(8-10-16)14(18)17-11-12-5-3-2-4-6-12/h2-6,13H,7-11H2,1H3,(H,17,18)(H,19,20)/t13-,16+. The van der Waals surface area contributed by atoms with Crippen LogP contribution < -0.4 is 5.32 Å². The minimum Gasteiger partial charge on any atom is -0.481 e. The molecule has 0 unspecified atom stereocenters. The number of aliphatic carboxylic acids is 1. The van der Waals surface area contributed by atoms with E-state index in [2.05, 4.69) is 5.32 Å². The maximum atomic E-state index is 12.1. The number of benzene rings is 1. The Morgan fingerprint density at radius 2 is 1.85 bits per heavy atom. The highest BCUT2D eigenvalue weighted by atomic mass is 16.4. The van der Waals surface area contributed by atoms with Crippen molar-refractivity contribution in [3.05, 3.63) is 35.9 Å². The lowest BCUT2D eigenvalue weighted by Gasteiger charge is -2.33. The molecule has 0 spiro atoms. The number of carboxylic acids is 1. The molecule has 2 N–H and O–H groups in total. The number of carbonyl (C=O) groups excluding carboxylic acids is 1. The fraction of sp³-hybridized carbons (Fsp3) is 0.500. The Kier molecular flexibility index (Phi) is 4.42. The molecule has 0 radical (unpaired) electrons. The third-order valence-corrected chi connectivity index (χ3v) is 4.29. The molecule has 1 aromatic rings. The van der Waals surface area contributed by atoms with E-state index in [1.165, 1.54) is 0 Å². The molecular formula is C16H21NO3. The van der Waals surface area contributed by atoms with E-state index in [1.807, 2.05) is 30.3 Å². The molecule has 4 nitrogen and oxygen atoms in total. The average molecular weight is 275 g/mol. The number of rotatable bonds is 4. The highest BCUT2D eigenvalue weighted by Crippen LogP contribution is 2.38. The molecule has 0 saturated heterocycles. The number of hydrogen-bond acceptors (Lipinski definition) is 2. The first kappa shape index (κ1) is 14.6. The second-order valence-corrected chi connectivity index (χ2v) is 5.84. The van der Waals surface area contributed by atoms with E-state index < -0.39 is 11.4 Å². The van der Waals surface area contributed by atoms with Crippen molar-refractivity contribution in [1.29, 1.82) is 0 Å². The zero-order valence-electron chi connectivity index (χ0n) is 11.8. The molecule has 1 fully saturated rings. The van der Waals surface area contributed by atoms with Crippen LogP contribution in [0.4, 0.5) is 0 Å². The SMILES string of the molecule is C[C@]1(C(=O)O)CC[C@@H](C(=O)NCc2ccccc2)CC1. The lowest BCUT2D eigenvalue weighted by Crippen LogP contribution is -2.38. The quantitative estimate of drug-likeness (QED) is 0.887. The highest BCUT2D eigenvalue weighted by molar-refractivity contribution is 5.80. The van der Waals surface area contributed by atoms with Crippen LogP contribution in [0.2, 0.25) is 0 Å². The summed E-state index contributed by atoms with van der Waals surface area (Å²) in [6, 6.07) is 9.78. The summed E-state index contributed by atoms with van der Waals surface area (Å²) in [5.41, 5.74) is 0.419. The van der Waals surface area contributed by atoms with Crippen LogP contribution >= 0.6 is 0 Å². The smallest absolute Gasteiger partial charge is 0.309 e. The van der Waals surface area contributed by atoms with Gasteiger partial charge < -0.3 is 10.4 Å². The van der Waals surface area contributed by atoms with Gasteiger partial charge in [0.25, 0.3) is 0 Å². The molecule has 1 aliphatic carbocycles. The lowest BCUT2D eigenvalue weighted by atomic mass is 9.71. The highest BCUT2D eigenvalue weighted by Gasteiger charge is 2.39. The van der Waals surface area contributed by atoms with Crippen LogP contribution in [0.25, 0.3) is 0 Å². The van der Waals surface area contributed by atoms with Gasteiger partial charge in [-0.15, -0.1) is 0 Å². The molecule has 0 aliphatic heterocycles. The number of carboxylic acid groups (broad SMARTS) is 1. The van der Waals surface area contributed by atoms with Crippen LogP contribution in [0.15, 0.2) is 30.3 Å². The third kappa shape index (κ3) is 3.38. The van der Waals surface area contributed by atoms with Gasteiger partial charge in [0.05, 0.1) is 5.41 Å². The zero-order chi connectivity index (χ0) is 14.6. The molecule has 0 atom stereocenters.